The molecule has 14 N–H and O–H groups in total. The van der Waals surface area contributed by atoms with Crippen molar-refractivity contribution in [1.82, 2.24) is 134 Å². The Hall–Kier alpha value is -8.73. The minimum absolute atomic E-state index is 0.0000834. The van der Waals surface area contributed by atoms with E-state index in [2.05, 4.69) is 59.7 Å². The van der Waals surface area contributed by atoms with Crippen LogP contribution < -0.4 is 56.7 Å². The van der Waals surface area contributed by atoms with Crippen LogP contribution >= 0.6 is 38.4 Å². The SMILES string of the molecule is CC(C)N1CC(COP(=O)(N(C)C)N2CC(COP(=O)(N(C)C)N3CC(COP(=O)(N(C)C)N4CC(COP(=O)(N(C)C)N5CC(COP(=O)(N(C)C)N6CCN(C(=O)OCCOCCOCCO)CC6)OC(n6cnc7c(=O)[nH]c(N)nc76)C5)OC(n5ccc(N)nc5=O)C4)OC(n4cnc5c(=O)[nH]c(N)nc54)C3)OC(n3cnc4c(=O)[nH]c(N)nc43)C2)OC(n2ccc(N)nc2=O)C1. The number of amides is 1. The summed E-state index contributed by atoms with van der Waals surface area (Å²) in [4.78, 5) is 125. The molecule has 58 nitrogen and oxygen atoms in total. The quantitative estimate of drug-likeness (QED) is 0.0155. The second-order valence-corrected chi connectivity index (χ2v) is 46.7. The van der Waals surface area contributed by atoms with Crippen LogP contribution in [0.25, 0.3) is 33.5 Å². The molecule has 8 aromatic heterocycles. The number of aliphatic hydroxyl groups excluding tert-OH is 1. The summed E-state index contributed by atoms with van der Waals surface area (Å²) in [7, 11) is -6.47. The molecule has 63 heteroatoms. The number of carbonyl (C=O) groups is 1. The van der Waals surface area contributed by atoms with Gasteiger partial charge in [-0.15, -0.1) is 0 Å². The van der Waals surface area contributed by atoms with Gasteiger partial charge < -0.3 is 99.2 Å². The molecule has 0 aliphatic carbocycles. The number of nitrogen functional groups attached to an aromatic ring is 5. The smallest absolute Gasteiger partial charge is 0.409 e. The Morgan fingerprint density at radius 1 is 0.415 bits per heavy atom. The van der Waals surface area contributed by atoms with Crippen molar-refractivity contribution in [2.75, 3.05) is 263 Å². The Morgan fingerprint density at radius 3 is 1.02 bits per heavy atom. The zero-order valence-corrected chi connectivity index (χ0v) is 81.1. The van der Waals surface area contributed by atoms with E-state index in [1.54, 1.807) is 32.9 Å². The number of morpholine rings is 5. The summed E-state index contributed by atoms with van der Waals surface area (Å²) in [6, 6.07) is 2.79. The number of rotatable bonds is 39. The van der Waals surface area contributed by atoms with Gasteiger partial charge in [0.05, 0.1) is 142 Å². The van der Waals surface area contributed by atoms with Crippen molar-refractivity contribution in [3.63, 3.8) is 0 Å². The summed E-state index contributed by atoms with van der Waals surface area (Å²) in [5.41, 5.74) is 26.3. The Bertz CT molecular complexity index is 6070. The first-order valence-corrected chi connectivity index (χ1v) is 50.7. The third kappa shape index (κ3) is 22.6. The van der Waals surface area contributed by atoms with Crippen molar-refractivity contribution in [3.05, 3.63) is 95.5 Å². The van der Waals surface area contributed by atoms with Crippen molar-refractivity contribution in [3.8, 4) is 0 Å². The fourth-order valence-electron chi connectivity index (χ4n) is 16.2. The van der Waals surface area contributed by atoms with Crippen LogP contribution in [0, 0.1) is 0 Å². The highest BCUT2D eigenvalue weighted by atomic mass is 31.2. The first kappa shape index (κ1) is 102. The fourth-order valence-corrected chi connectivity index (χ4v) is 26.1. The summed E-state index contributed by atoms with van der Waals surface area (Å²) in [5, 5.41) is 8.94. The van der Waals surface area contributed by atoms with Crippen LogP contribution in [0.4, 0.5) is 34.3 Å². The van der Waals surface area contributed by atoms with E-state index in [0.717, 1.165) is 4.57 Å². The third-order valence-corrected chi connectivity index (χ3v) is 35.8. The average molecular weight is 2000 g/mol. The molecule has 6 fully saturated rings. The van der Waals surface area contributed by atoms with Gasteiger partial charge in [0.25, 0.3) is 16.7 Å². The Kier molecular flexibility index (Phi) is 32.5. The fraction of sp³-hybridized carbons (Fsp3) is 0.667. The predicted octanol–water partition coefficient (Wildman–Crippen LogP) is -1.57. The number of nitrogens with two attached hydrogens (primary N) is 5. The van der Waals surface area contributed by atoms with Crippen LogP contribution in [0.3, 0.4) is 0 Å². The van der Waals surface area contributed by atoms with Crippen molar-refractivity contribution >= 4 is 107 Å². The zero-order valence-electron chi connectivity index (χ0n) is 76.6. The molecule has 1 amide bonds. The molecule has 6 aliphatic heterocycles. The highest BCUT2D eigenvalue weighted by Gasteiger charge is 2.52. The summed E-state index contributed by atoms with van der Waals surface area (Å²) in [6.07, 6.45) is -5.40. The van der Waals surface area contributed by atoms with E-state index < -0.39 is 161 Å². The van der Waals surface area contributed by atoms with Gasteiger partial charge in [-0.05, 0) is 96.5 Å². The number of hydrogen-bond acceptors (Lipinski definition) is 39. The zero-order chi connectivity index (χ0) is 97.1. The van der Waals surface area contributed by atoms with Gasteiger partial charge in [0.15, 0.2) is 45.9 Å². The molecule has 0 aromatic carbocycles. The lowest BCUT2D eigenvalue weighted by Crippen LogP contribution is -2.52. The van der Waals surface area contributed by atoms with E-state index in [1.165, 1.54) is 151 Å². The number of aliphatic hydroxyl groups is 1. The van der Waals surface area contributed by atoms with E-state index >= 15 is 22.8 Å². The van der Waals surface area contributed by atoms with Gasteiger partial charge in [0, 0.05) is 83.9 Å². The lowest BCUT2D eigenvalue weighted by molar-refractivity contribution is -0.142. The average Bonchev–Trinajstić information content (AvgIpc) is 1.58. The molecule has 14 rings (SSSR count). The maximum atomic E-state index is 16.6. The molecule has 6 aliphatic rings. The van der Waals surface area contributed by atoms with Gasteiger partial charge in [-0.1, -0.05) is 0 Å². The monoisotopic (exact) mass is 2000 g/mol. The minimum Gasteiger partial charge on any atom is -0.447 e. The minimum atomic E-state index is -4.54. The largest absolute Gasteiger partial charge is 0.447 e. The molecule has 135 heavy (non-hydrogen) atoms. The van der Waals surface area contributed by atoms with Crippen LogP contribution in [0.1, 0.15) is 45.0 Å². The van der Waals surface area contributed by atoms with E-state index in [1.807, 2.05) is 13.8 Å². The molecule has 0 saturated carbocycles. The lowest BCUT2D eigenvalue weighted by Gasteiger charge is -2.46. The molecule has 8 aromatic rings. The van der Waals surface area contributed by atoms with Crippen molar-refractivity contribution in [1.29, 1.82) is 0 Å². The van der Waals surface area contributed by atoms with Crippen molar-refractivity contribution in [2.45, 2.75) is 81.5 Å². The summed E-state index contributed by atoms with van der Waals surface area (Å²) in [6.45, 7) is 0.883. The van der Waals surface area contributed by atoms with Gasteiger partial charge in [-0.3, -0.25) is 79.9 Å². The third-order valence-electron chi connectivity index (χ3n) is 23.1. The molecular weight excluding hydrogens is 1880 g/mol. The summed E-state index contributed by atoms with van der Waals surface area (Å²) < 4.78 is 185. The molecule has 14 heterocycles. The molecule has 0 radical (unpaired) electrons. The highest BCUT2D eigenvalue weighted by Crippen LogP contribution is 2.61. The molecule has 6 saturated heterocycles. The maximum absolute atomic E-state index is 16.6. The lowest BCUT2D eigenvalue weighted by atomic mass is 10.2. The first-order chi connectivity index (χ1) is 64.1. The number of imidazole rings is 3. The molecular formula is C72H118N33O25P5. The van der Waals surface area contributed by atoms with Crippen LogP contribution in [-0.2, 0) is 83.3 Å². The second-order valence-electron chi connectivity index (χ2n) is 33.7. The topological polar surface area (TPSA) is 672 Å². The number of nitrogens with one attached hydrogen (secondary N) is 3. The van der Waals surface area contributed by atoms with E-state index in [9.17, 15) is 28.8 Å². The number of nitrogens with zero attached hydrogens (tertiary/aromatic N) is 25. The standard InChI is InChI=1S/C72H118N33O25P5/c1-45(2)95-27-46(126-53(32-95)101-15-13-51(73)81-70(101)110)37-122-133(115,91(7)8)98-30-49(129-56(34-98)104-43-79-59-62(104)84-68(76)87-65(59)108)41-125-135(117,93(11)12)100-31-50(130-57(36-100)105-44-80-60-63(105)85-69(77)88-66(60)109)40-124-132(114,90(5)6)97-28-47(127-54(33-97)102-16-14-52(74)82-71(102)111)39-123-134(116,92(9)10)99-29-48(128-55(35-99)103-42-78-58-61(103)83-67(75)86-64(58)107)38-121-131(113,89(3)4)96-19-17-94(18-20-96)72(112)120-26-25-119-24-23-118-22-21-106/h13-16,42-50,53-57,106H,17-41H2,1-12H3,(H2,73,81,110)(H2,74,82,111)(H3,75,83,86,107)(H3,76,84,87,108)(H3,77,85,88,109). The van der Waals surface area contributed by atoms with Crippen molar-refractivity contribution in [2.24, 2.45) is 0 Å². The number of fused-ring (bicyclic) bond motifs is 3. The van der Waals surface area contributed by atoms with Crippen LogP contribution in [0.15, 0.2) is 67.5 Å². The number of carbonyl (C=O) groups excluding carboxylic acids is 1. The molecule has 0 bridgehead atoms. The molecule has 15 unspecified atom stereocenters. The number of ether oxygens (including phenoxy) is 8. The van der Waals surface area contributed by atoms with E-state index in [-0.39, 0.29) is 194 Å². The normalized spacial score (nSPS) is 25.0. The van der Waals surface area contributed by atoms with Crippen LogP contribution in [-0.4, -0.2) is 417 Å². The molecule has 15 atom stereocenters. The summed E-state index contributed by atoms with van der Waals surface area (Å²) in [5.74, 6) is -0.889. The highest BCUT2D eigenvalue weighted by molar-refractivity contribution is 7.55. The predicted molar refractivity (Wildman–Crippen MR) is 485 cm³/mol. The number of piperazine rings is 1. The van der Waals surface area contributed by atoms with Gasteiger partial charge in [0.1, 0.15) is 36.9 Å². The maximum Gasteiger partial charge on any atom is 0.409 e. The van der Waals surface area contributed by atoms with Gasteiger partial charge >= 0.3 is 55.8 Å². The van der Waals surface area contributed by atoms with Gasteiger partial charge in [-0.2, -0.15) is 24.9 Å². The number of H-pyrrole nitrogens is 3. The number of anilines is 5. The Labute approximate surface area is 772 Å². The Morgan fingerprint density at radius 2 is 0.711 bits per heavy atom. The number of aromatic amines is 3. The van der Waals surface area contributed by atoms with Crippen molar-refractivity contribution < 1.29 is 93.2 Å². The number of hydrogen-bond donors (Lipinski definition) is 9. The van der Waals surface area contributed by atoms with Gasteiger partial charge in [0.2, 0.25) is 17.8 Å². The van der Waals surface area contributed by atoms with Gasteiger partial charge in [-0.25, -0.2) is 76.0 Å². The molecule has 0 spiro atoms. The van der Waals surface area contributed by atoms with Crippen LogP contribution in [0.2, 0.25) is 0 Å². The summed E-state index contributed by atoms with van der Waals surface area (Å²) >= 11 is 0. The first-order valence-electron chi connectivity index (χ1n) is 43.0. The number of aromatic nitrogens is 16. The van der Waals surface area contributed by atoms with E-state index in [0.29, 0.717) is 13.1 Å². The molecule has 746 valence electrons. The van der Waals surface area contributed by atoms with Crippen LogP contribution in [0.5, 0.6) is 0 Å². The van der Waals surface area contributed by atoms with E-state index in [4.69, 9.17) is 94.3 Å². The second kappa shape index (κ2) is 42.9. The Balaban J connectivity index is 0.723.